The largest absolute Gasteiger partial charge is 0.466 e. The Bertz CT molecular complexity index is 824. The van der Waals surface area contributed by atoms with Gasteiger partial charge >= 0.3 is 11.9 Å². The van der Waals surface area contributed by atoms with Crippen LogP contribution in [0.1, 0.15) is 18.4 Å². The van der Waals surface area contributed by atoms with Gasteiger partial charge in [0.25, 0.3) is 5.69 Å². The van der Waals surface area contributed by atoms with E-state index in [1.165, 1.54) is 25.3 Å². The van der Waals surface area contributed by atoms with Crippen molar-refractivity contribution in [1.29, 1.82) is 0 Å². The first kappa shape index (κ1) is 15.7. The summed E-state index contributed by atoms with van der Waals surface area (Å²) in [5.74, 6) is -1.94. The number of nitrogens with one attached hydrogen (secondary N) is 1. The number of hydrogen-bond acceptors (Lipinski definition) is 7. The third-order valence-electron chi connectivity index (χ3n) is 4.03. The highest BCUT2D eigenvalue weighted by molar-refractivity contribution is 6.01. The van der Waals surface area contributed by atoms with E-state index in [0.29, 0.717) is 17.0 Å². The van der Waals surface area contributed by atoms with Crippen LogP contribution in [0.3, 0.4) is 0 Å². The van der Waals surface area contributed by atoms with Crippen molar-refractivity contribution in [2.45, 2.75) is 12.8 Å². The molecule has 0 spiro atoms. The standard InChI is InChI=1S/C16H14N2O6/c1-8-12(15(19)23-2)13(14-11(17-8)7-24-16(14)20)9-4-3-5-10(6-9)18(21)22/h3-6,13,17H,7H2,1-2H3. The first-order chi connectivity index (χ1) is 11.4. The van der Waals surface area contributed by atoms with Gasteiger partial charge in [-0.25, -0.2) is 9.59 Å². The predicted octanol–water partition coefficient (Wildman–Crippen LogP) is 1.54. The number of nitro benzene ring substituents is 1. The second-order valence-electron chi connectivity index (χ2n) is 5.41. The van der Waals surface area contributed by atoms with Gasteiger partial charge in [-0.3, -0.25) is 10.1 Å². The number of allylic oxidation sites excluding steroid dienone is 1. The molecule has 2 aliphatic rings. The number of cyclic esters (lactones) is 1. The van der Waals surface area contributed by atoms with Crippen molar-refractivity contribution < 1.29 is 24.0 Å². The van der Waals surface area contributed by atoms with Crippen LogP contribution in [0.2, 0.25) is 0 Å². The van der Waals surface area contributed by atoms with E-state index in [2.05, 4.69) is 5.32 Å². The van der Waals surface area contributed by atoms with Gasteiger partial charge in [0.05, 0.1) is 34.8 Å². The van der Waals surface area contributed by atoms with E-state index in [4.69, 9.17) is 9.47 Å². The minimum Gasteiger partial charge on any atom is -0.466 e. The van der Waals surface area contributed by atoms with Crippen LogP contribution in [0.5, 0.6) is 0 Å². The van der Waals surface area contributed by atoms with Gasteiger partial charge in [0, 0.05) is 17.8 Å². The number of rotatable bonds is 3. The van der Waals surface area contributed by atoms with Crippen LogP contribution in [0.25, 0.3) is 0 Å². The van der Waals surface area contributed by atoms with Crippen molar-refractivity contribution in [3.05, 3.63) is 62.5 Å². The summed E-state index contributed by atoms with van der Waals surface area (Å²) in [5, 5.41) is 14.0. The lowest BCUT2D eigenvalue weighted by atomic mass is 9.81. The zero-order valence-corrected chi connectivity index (χ0v) is 13.0. The average molecular weight is 330 g/mol. The Morgan fingerprint density at radius 2 is 2.21 bits per heavy atom. The average Bonchev–Trinajstić information content (AvgIpc) is 2.93. The molecule has 0 aliphatic carbocycles. The molecule has 2 aliphatic heterocycles. The molecule has 24 heavy (non-hydrogen) atoms. The van der Waals surface area contributed by atoms with Crippen molar-refractivity contribution in [3.8, 4) is 0 Å². The Hall–Kier alpha value is -3.16. The van der Waals surface area contributed by atoms with Crippen LogP contribution in [-0.4, -0.2) is 30.6 Å². The number of dihydropyridines is 1. The maximum absolute atomic E-state index is 12.2. The number of benzene rings is 1. The zero-order chi connectivity index (χ0) is 17.4. The molecule has 124 valence electrons. The first-order valence-electron chi connectivity index (χ1n) is 7.14. The van der Waals surface area contributed by atoms with E-state index < -0.39 is 22.8 Å². The number of ether oxygens (including phenoxy) is 2. The Morgan fingerprint density at radius 1 is 1.46 bits per heavy atom. The molecule has 8 heteroatoms. The molecule has 2 heterocycles. The predicted molar refractivity (Wildman–Crippen MR) is 81.7 cm³/mol. The minimum atomic E-state index is -0.774. The van der Waals surface area contributed by atoms with Crippen LogP contribution in [0.4, 0.5) is 5.69 Å². The van der Waals surface area contributed by atoms with Gasteiger partial charge in [-0.1, -0.05) is 12.1 Å². The van der Waals surface area contributed by atoms with E-state index >= 15 is 0 Å². The van der Waals surface area contributed by atoms with Crippen molar-refractivity contribution in [2.75, 3.05) is 13.7 Å². The second kappa shape index (κ2) is 5.80. The van der Waals surface area contributed by atoms with Crippen LogP contribution in [0.15, 0.2) is 46.8 Å². The molecule has 3 rings (SSSR count). The number of methoxy groups -OCH3 is 1. The van der Waals surface area contributed by atoms with Crippen molar-refractivity contribution in [1.82, 2.24) is 5.32 Å². The monoisotopic (exact) mass is 330 g/mol. The molecular weight excluding hydrogens is 316 g/mol. The normalized spacial score (nSPS) is 19.6. The van der Waals surface area contributed by atoms with Gasteiger partial charge in [0.2, 0.25) is 0 Å². The lowest BCUT2D eigenvalue weighted by Gasteiger charge is -2.27. The van der Waals surface area contributed by atoms with Crippen LogP contribution in [-0.2, 0) is 19.1 Å². The highest BCUT2D eigenvalue weighted by atomic mass is 16.6. The summed E-state index contributed by atoms with van der Waals surface area (Å²) in [6.45, 7) is 1.76. The van der Waals surface area contributed by atoms with E-state index in [1.807, 2.05) is 0 Å². The number of hydrogen-bond donors (Lipinski definition) is 1. The fourth-order valence-corrected chi connectivity index (χ4v) is 3.00. The molecule has 1 aromatic rings. The third-order valence-corrected chi connectivity index (χ3v) is 4.03. The molecule has 0 fully saturated rings. The molecule has 0 saturated heterocycles. The van der Waals surface area contributed by atoms with Gasteiger partial charge < -0.3 is 14.8 Å². The number of nitrogens with zero attached hydrogens (tertiary/aromatic N) is 1. The van der Waals surface area contributed by atoms with Crippen molar-refractivity contribution >= 4 is 17.6 Å². The van der Waals surface area contributed by atoms with Crippen LogP contribution in [0, 0.1) is 10.1 Å². The Morgan fingerprint density at radius 3 is 2.88 bits per heavy atom. The van der Waals surface area contributed by atoms with Gasteiger partial charge in [-0.05, 0) is 12.5 Å². The Balaban J connectivity index is 2.19. The Labute approximate surface area is 136 Å². The third kappa shape index (κ3) is 2.41. The summed E-state index contributed by atoms with van der Waals surface area (Å²) in [5.41, 5.74) is 1.92. The maximum Gasteiger partial charge on any atom is 0.337 e. The smallest absolute Gasteiger partial charge is 0.337 e. The Kier molecular flexibility index (Phi) is 3.80. The molecule has 0 bridgehead atoms. The summed E-state index contributed by atoms with van der Waals surface area (Å²) in [4.78, 5) is 34.9. The molecule has 1 N–H and O–H groups in total. The number of nitro groups is 1. The second-order valence-corrected chi connectivity index (χ2v) is 5.41. The molecular formula is C16H14N2O6. The van der Waals surface area contributed by atoms with Gasteiger partial charge in [0.1, 0.15) is 6.61 Å². The molecule has 0 amide bonds. The maximum atomic E-state index is 12.2. The SMILES string of the molecule is COC(=O)C1=C(C)NC2=C(C(=O)OC2)C1c1cccc([N+](=O)[O-])c1. The molecule has 1 aromatic carbocycles. The summed E-state index contributed by atoms with van der Waals surface area (Å²) < 4.78 is 9.88. The highest BCUT2D eigenvalue weighted by Gasteiger charge is 2.42. The number of carbonyl (C=O) groups is 2. The molecule has 1 atom stereocenters. The fourth-order valence-electron chi connectivity index (χ4n) is 3.00. The summed E-state index contributed by atoms with van der Waals surface area (Å²) >= 11 is 0. The van der Waals surface area contributed by atoms with E-state index in [9.17, 15) is 19.7 Å². The van der Waals surface area contributed by atoms with E-state index in [0.717, 1.165) is 0 Å². The fraction of sp³-hybridized carbons (Fsp3) is 0.250. The molecule has 0 radical (unpaired) electrons. The molecule has 0 aromatic heterocycles. The lowest BCUT2D eigenvalue weighted by Crippen LogP contribution is -2.30. The van der Waals surface area contributed by atoms with Gasteiger partial charge in [-0.15, -0.1) is 0 Å². The highest BCUT2D eigenvalue weighted by Crippen LogP contribution is 2.41. The summed E-state index contributed by atoms with van der Waals surface area (Å²) in [6.07, 6.45) is 0. The van der Waals surface area contributed by atoms with Crippen LogP contribution < -0.4 is 5.32 Å². The quantitative estimate of drug-likeness (QED) is 0.509. The number of esters is 2. The number of non-ortho nitro benzene ring substituents is 1. The lowest BCUT2D eigenvalue weighted by molar-refractivity contribution is -0.384. The van der Waals surface area contributed by atoms with Gasteiger partial charge in [-0.2, -0.15) is 0 Å². The molecule has 8 nitrogen and oxygen atoms in total. The zero-order valence-electron chi connectivity index (χ0n) is 13.0. The van der Waals surface area contributed by atoms with E-state index in [-0.39, 0.29) is 23.4 Å². The molecule has 1 unspecified atom stereocenters. The number of carbonyl (C=O) groups excluding carboxylic acids is 2. The summed E-state index contributed by atoms with van der Waals surface area (Å²) in [7, 11) is 1.24. The first-order valence-corrected chi connectivity index (χ1v) is 7.14. The van der Waals surface area contributed by atoms with E-state index in [1.54, 1.807) is 13.0 Å². The van der Waals surface area contributed by atoms with Crippen LogP contribution >= 0.6 is 0 Å². The van der Waals surface area contributed by atoms with Gasteiger partial charge in [0.15, 0.2) is 0 Å². The summed E-state index contributed by atoms with van der Waals surface area (Å²) in [6, 6.07) is 5.85. The van der Waals surface area contributed by atoms with Crippen molar-refractivity contribution in [3.63, 3.8) is 0 Å². The minimum absolute atomic E-state index is 0.0748. The topological polar surface area (TPSA) is 108 Å². The molecule has 0 saturated carbocycles. The van der Waals surface area contributed by atoms with Crippen molar-refractivity contribution in [2.24, 2.45) is 0 Å².